The Bertz CT molecular complexity index is 527. The lowest BCUT2D eigenvalue weighted by Gasteiger charge is -2.29. The van der Waals surface area contributed by atoms with Crippen LogP contribution in [0.15, 0.2) is 23.1 Å². The summed E-state index contributed by atoms with van der Waals surface area (Å²) in [6.07, 6.45) is 0.172. The van der Waals surface area contributed by atoms with E-state index in [1.54, 1.807) is 0 Å². The molecular formula is C11H13F2NO3S. The van der Waals surface area contributed by atoms with Crippen molar-refractivity contribution in [3.8, 4) is 0 Å². The van der Waals surface area contributed by atoms with Gasteiger partial charge in [0, 0.05) is 13.1 Å². The van der Waals surface area contributed by atoms with E-state index in [0.717, 1.165) is 22.5 Å². The Morgan fingerprint density at radius 2 is 1.89 bits per heavy atom. The molecule has 0 spiro atoms. The summed E-state index contributed by atoms with van der Waals surface area (Å²) in [7, 11) is -4.23. The molecule has 0 aromatic heterocycles. The summed E-state index contributed by atoms with van der Waals surface area (Å²) in [6.45, 7) is 0.0310. The summed E-state index contributed by atoms with van der Waals surface area (Å²) in [5.74, 6) is -2.23. The standard InChI is InChI=1S/C11H13F2NO3S/c12-9-4-1-5-10(13)11(9)18(16,17)14-6-2-3-8(15)7-14/h1,4-5,8,15H,2-3,6-7H2/t8-/m0/s1. The molecular weight excluding hydrogens is 264 g/mol. The lowest BCUT2D eigenvalue weighted by atomic mass is 10.1. The van der Waals surface area contributed by atoms with Crippen LogP contribution in [0.4, 0.5) is 8.78 Å². The Hall–Kier alpha value is -1.05. The molecule has 100 valence electrons. The maximum Gasteiger partial charge on any atom is 0.249 e. The van der Waals surface area contributed by atoms with Crippen molar-refractivity contribution in [1.29, 1.82) is 0 Å². The van der Waals surface area contributed by atoms with Crippen LogP contribution in [-0.2, 0) is 10.0 Å². The van der Waals surface area contributed by atoms with E-state index < -0.39 is 32.7 Å². The molecule has 4 nitrogen and oxygen atoms in total. The molecule has 1 aliphatic rings. The molecule has 1 heterocycles. The molecule has 1 atom stereocenters. The highest BCUT2D eigenvalue weighted by Gasteiger charge is 2.33. The molecule has 0 aliphatic carbocycles. The van der Waals surface area contributed by atoms with Gasteiger partial charge >= 0.3 is 0 Å². The van der Waals surface area contributed by atoms with Gasteiger partial charge in [-0.3, -0.25) is 0 Å². The number of hydrogen-bond acceptors (Lipinski definition) is 3. The second-order valence-corrected chi connectivity index (χ2v) is 6.08. The van der Waals surface area contributed by atoms with E-state index in [-0.39, 0.29) is 13.1 Å². The van der Waals surface area contributed by atoms with Crippen LogP contribution in [0, 0.1) is 11.6 Å². The molecule has 18 heavy (non-hydrogen) atoms. The second kappa shape index (κ2) is 4.91. The van der Waals surface area contributed by atoms with Crippen molar-refractivity contribution in [3.63, 3.8) is 0 Å². The fourth-order valence-electron chi connectivity index (χ4n) is 2.00. The normalized spacial score (nSPS) is 22.1. The summed E-state index contributed by atoms with van der Waals surface area (Å²) in [5.41, 5.74) is 0. The Morgan fingerprint density at radius 1 is 1.28 bits per heavy atom. The largest absolute Gasteiger partial charge is 0.392 e. The smallest absolute Gasteiger partial charge is 0.249 e. The zero-order valence-electron chi connectivity index (χ0n) is 9.51. The number of rotatable bonds is 2. The molecule has 1 saturated heterocycles. The van der Waals surface area contributed by atoms with Gasteiger partial charge < -0.3 is 5.11 Å². The summed E-state index contributed by atoms with van der Waals surface area (Å²) < 4.78 is 52.1. The molecule has 0 unspecified atom stereocenters. The highest BCUT2D eigenvalue weighted by molar-refractivity contribution is 7.89. The zero-order chi connectivity index (χ0) is 13.3. The number of nitrogens with zero attached hydrogens (tertiary/aromatic N) is 1. The molecule has 1 aliphatic heterocycles. The van der Waals surface area contributed by atoms with Gasteiger partial charge in [0.05, 0.1) is 6.10 Å². The van der Waals surface area contributed by atoms with Gasteiger partial charge in [0.25, 0.3) is 0 Å². The molecule has 0 radical (unpaired) electrons. The minimum absolute atomic E-state index is 0.129. The van der Waals surface area contributed by atoms with E-state index in [0.29, 0.717) is 12.8 Å². The topological polar surface area (TPSA) is 57.6 Å². The monoisotopic (exact) mass is 277 g/mol. The van der Waals surface area contributed by atoms with Crippen LogP contribution in [0.3, 0.4) is 0 Å². The first-order chi connectivity index (χ1) is 8.43. The number of aliphatic hydroxyl groups excluding tert-OH is 1. The number of halogens is 2. The Kier molecular flexibility index (Phi) is 3.65. The molecule has 1 fully saturated rings. The summed E-state index contributed by atoms with van der Waals surface area (Å²) in [4.78, 5) is -0.945. The van der Waals surface area contributed by atoms with Gasteiger partial charge in [0.1, 0.15) is 11.6 Å². The van der Waals surface area contributed by atoms with Crippen LogP contribution >= 0.6 is 0 Å². The minimum atomic E-state index is -4.23. The van der Waals surface area contributed by atoms with E-state index in [2.05, 4.69) is 0 Å². The van der Waals surface area contributed by atoms with Crippen LogP contribution in [0.1, 0.15) is 12.8 Å². The third-order valence-electron chi connectivity index (χ3n) is 2.88. The van der Waals surface area contributed by atoms with Crippen molar-refractivity contribution in [1.82, 2.24) is 4.31 Å². The molecule has 1 aromatic rings. The minimum Gasteiger partial charge on any atom is -0.392 e. The molecule has 0 bridgehead atoms. The van der Waals surface area contributed by atoms with Crippen molar-refractivity contribution in [2.75, 3.05) is 13.1 Å². The molecule has 1 N–H and O–H groups in total. The van der Waals surface area contributed by atoms with Gasteiger partial charge in [-0.15, -0.1) is 0 Å². The summed E-state index contributed by atoms with van der Waals surface area (Å²) >= 11 is 0. The van der Waals surface area contributed by atoms with Crippen LogP contribution in [-0.4, -0.2) is 37.0 Å². The Labute approximate surface area is 104 Å². The third kappa shape index (κ3) is 2.38. The van der Waals surface area contributed by atoms with E-state index in [9.17, 15) is 22.3 Å². The first-order valence-electron chi connectivity index (χ1n) is 5.55. The predicted molar refractivity (Wildman–Crippen MR) is 60.4 cm³/mol. The zero-order valence-corrected chi connectivity index (χ0v) is 10.3. The average molecular weight is 277 g/mol. The van der Waals surface area contributed by atoms with E-state index in [4.69, 9.17) is 0 Å². The highest BCUT2D eigenvalue weighted by Crippen LogP contribution is 2.25. The number of benzene rings is 1. The van der Waals surface area contributed by atoms with Gasteiger partial charge in [-0.25, -0.2) is 17.2 Å². The number of hydrogen-bond donors (Lipinski definition) is 1. The van der Waals surface area contributed by atoms with Gasteiger partial charge in [0.2, 0.25) is 10.0 Å². The summed E-state index contributed by atoms with van der Waals surface area (Å²) in [6, 6.07) is 2.90. The van der Waals surface area contributed by atoms with Crippen LogP contribution in [0.2, 0.25) is 0 Å². The summed E-state index contributed by atoms with van der Waals surface area (Å²) in [5, 5.41) is 9.43. The van der Waals surface area contributed by atoms with Gasteiger partial charge in [-0.2, -0.15) is 4.31 Å². The molecule has 7 heteroatoms. The Morgan fingerprint density at radius 3 is 2.44 bits per heavy atom. The van der Waals surface area contributed by atoms with Crippen molar-refractivity contribution in [2.45, 2.75) is 23.8 Å². The maximum absolute atomic E-state index is 13.5. The first-order valence-corrected chi connectivity index (χ1v) is 6.99. The first kappa shape index (κ1) is 13.4. The molecule has 1 aromatic carbocycles. The van der Waals surface area contributed by atoms with Gasteiger partial charge in [-0.1, -0.05) is 6.07 Å². The van der Waals surface area contributed by atoms with Crippen molar-refractivity contribution in [3.05, 3.63) is 29.8 Å². The second-order valence-electron chi connectivity index (χ2n) is 4.21. The lowest BCUT2D eigenvalue weighted by molar-refractivity contribution is 0.107. The van der Waals surface area contributed by atoms with Crippen LogP contribution in [0.5, 0.6) is 0 Å². The third-order valence-corrected chi connectivity index (χ3v) is 4.79. The van der Waals surface area contributed by atoms with Crippen molar-refractivity contribution < 1.29 is 22.3 Å². The fourth-order valence-corrected chi connectivity index (χ4v) is 3.62. The quantitative estimate of drug-likeness (QED) is 0.881. The van der Waals surface area contributed by atoms with Gasteiger partial charge in [-0.05, 0) is 25.0 Å². The van der Waals surface area contributed by atoms with E-state index in [1.807, 2.05) is 0 Å². The van der Waals surface area contributed by atoms with Crippen molar-refractivity contribution in [2.24, 2.45) is 0 Å². The predicted octanol–water partition coefficient (Wildman–Crippen LogP) is 1.11. The average Bonchev–Trinajstić information content (AvgIpc) is 2.28. The molecule has 2 rings (SSSR count). The van der Waals surface area contributed by atoms with E-state index in [1.165, 1.54) is 0 Å². The van der Waals surface area contributed by atoms with E-state index >= 15 is 0 Å². The maximum atomic E-state index is 13.5. The number of sulfonamides is 1. The van der Waals surface area contributed by atoms with Gasteiger partial charge in [0.15, 0.2) is 4.90 Å². The van der Waals surface area contributed by atoms with Crippen molar-refractivity contribution >= 4 is 10.0 Å². The molecule has 0 saturated carbocycles. The molecule has 0 amide bonds. The number of aliphatic hydroxyl groups is 1. The number of β-amino-alcohol motifs (C(OH)–C–C–N with tert-alkyl or cyclic N) is 1. The van der Waals surface area contributed by atoms with Crippen LogP contribution in [0.25, 0.3) is 0 Å². The Balaban J connectivity index is 2.42. The van der Waals surface area contributed by atoms with Crippen LogP contribution < -0.4 is 0 Å². The SMILES string of the molecule is O=S(=O)(c1c(F)cccc1F)N1CCC[C@H](O)C1. The lowest BCUT2D eigenvalue weighted by Crippen LogP contribution is -2.42. The number of piperidine rings is 1. The fraction of sp³-hybridized carbons (Fsp3) is 0.455. The highest BCUT2D eigenvalue weighted by atomic mass is 32.2.